The first-order valence-corrected chi connectivity index (χ1v) is 4.89. The molecular weight excluding hydrogens is 228 g/mol. The Morgan fingerprint density at radius 1 is 1.18 bits per heavy atom. The van der Waals surface area contributed by atoms with Crippen LogP contribution in [0.4, 0.5) is 0 Å². The molecule has 0 fully saturated rings. The van der Waals surface area contributed by atoms with Crippen LogP contribution in [0.1, 0.15) is 11.1 Å². The van der Waals surface area contributed by atoms with Crippen molar-refractivity contribution in [2.24, 2.45) is 0 Å². The van der Waals surface area contributed by atoms with Crippen LogP contribution < -0.4 is 4.74 Å². The molecule has 0 bridgehead atoms. The Morgan fingerprint density at radius 2 is 1.76 bits per heavy atom. The lowest BCUT2D eigenvalue weighted by molar-refractivity contribution is -0.743. The third kappa shape index (κ3) is 3.40. The van der Waals surface area contributed by atoms with Gasteiger partial charge in [-0.25, -0.2) is 0 Å². The zero-order valence-electron chi connectivity index (χ0n) is 9.45. The zero-order valence-corrected chi connectivity index (χ0v) is 9.45. The van der Waals surface area contributed by atoms with Gasteiger partial charge in [0.05, 0.1) is 9.85 Å². The van der Waals surface area contributed by atoms with E-state index in [2.05, 4.69) is 0 Å². The number of hydrogen-bond donors (Lipinski definition) is 0. The minimum absolute atomic E-state index is 0.391. The Morgan fingerprint density at radius 3 is 2.24 bits per heavy atom. The number of aryl methyl sites for hydroxylation is 2. The molecule has 1 aromatic carbocycles. The van der Waals surface area contributed by atoms with Gasteiger partial charge >= 0.3 is 6.17 Å². The third-order valence-electron chi connectivity index (χ3n) is 2.36. The maximum atomic E-state index is 10.4. The summed E-state index contributed by atoms with van der Waals surface area (Å²) in [7, 11) is 0. The summed E-state index contributed by atoms with van der Waals surface area (Å²) in [5.74, 6) is 0.391. The summed E-state index contributed by atoms with van der Waals surface area (Å²) >= 11 is 0. The van der Waals surface area contributed by atoms with E-state index in [4.69, 9.17) is 4.74 Å². The Balaban J connectivity index is 2.69. The van der Waals surface area contributed by atoms with Crippen molar-refractivity contribution in [1.29, 1.82) is 0 Å². The van der Waals surface area contributed by atoms with E-state index in [1.165, 1.54) is 0 Å². The van der Waals surface area contributed by atoms with Crippen LogP contribution in [0.3, 0.4) is 0 Å². The summed E-state index contributed by atoms with van der Waals surface area (Å²) in [6.07, 6.45) is -1.93. The third-order valence-corrected chi connectivity index (χ3v) is 2.36. The van der Waals surface area contributed by atoms with Crippen LogP contribution in [0.25, 0.3) is 0 Å². The maximum absolute atomic E-state index is 10.4. The second kappa shape index (κ2) is 5.24. The van der Waals surface area contributed by atoms with Gasteiger partial charge < -0.3 is 4.74 Å². The van der Waals surface area contributed by atoms with Crippen molar-refractivity contribution in [1.82, 2.24) is 0 Å². The number of ether oxygens (including phenoxy) is 1. The molecule has 0 aromatic heterocycles. The molecule has 0 spiro atoms. The van der Waals surface area contributed by atoms with E-state index < -0.39 is 22.6 Å². The molecule has 0 amide bonds. The van der Waals surface area contributed by atoms with Gasteiger partial charge in [-0.1, -0.05) is 6.07 Å². The van der Waals surface area contributed by atoms with E-state index in [0.29, 0.717) is 5.75 Å². The first-order valence-electron chi connectivity index (χ1n) is 4.89. The van der Waals surface area contributed by atoms with Gasteiger partial charge in [-0.05, 0) is 37.1 Å². The first-order chi connectivity index (χ1) is 7.91. The van der Waals surface area contributed by atoms with Crippen LogP contribution in [0.5, 0.6) is 5.75 Å². The van der Waals surface area contributed by atoms with Crippen molar-refractivity contribution >= 4 is 0 Å². The molecule has 0 aliphatic carbocycles. The quantitative estimate of drug-likeness (QED) is 0.442. The van der Waals surface area contributed by atoms with Crippen molar-refractivity contribution in [2.45, 2.75) is 20.0 Å². The van der Waals surface area contributed by atoms with E-state index >= 15 is 0 Å². The van der Waals surface area contributed by atoms with Crippen molar-refractivity contribution in [3.8, 4) is 5.75 Å². The van der Waals surface area contributed by atoms with Gasteiger partial charge in [0, 0.05) is 0 Å². The van der Waals surface area contributed by atoms with Crippen LogP contribution in [-0.2, 0) is 0 Å². The van der Waals surface area contributed by atoms with Crippen molar-refractivity contribution in [2.75, 3.05) is 6.61 Å². The zero-order chi connectivity index (χ0) is 13.0. The summed E-state index contributed by atoms with van der Waals surface area (Å²) in [5, 5.41) is 20.7. The van der Waals surface area contributed by atoms with Crippen LogP contribution in [0, 0.1) is 34.1 Å². The van der Waals surface area contributed by atoms with Crippen LogP contribution in [0.2, 0.25) is 0 Å². The van der Waals surface area contributed by atoms with Crippen molar-refractivity contribution in [3.05, 3.63) is 49.6 Å². The summed E-state index contributed by atoms with van der Waals surface area (Å²) in [5.41, 5.74) is 2.01. The topological polar surface area (TPSA) is 95.5 Å². The molecule has 0 atom stereocenters. The second-order valence-electron chi connectivity index (χ2n) is 3.61. The van der Waals surface area contributed by atoms with E-state index in [9.17, 15) is 20.2 Å². The molecule has 7 nitrogen and oxygen atoms in total. The molecule has 7 heteroatoms. The minimum atomic E-state index is -1.93. The standard InChI is InChI=1S/C10H12N2O5/c1-7-3-4-9(5-8(7)2)17-6-10(11(13)14)12(15)16/h3-5,10H,6H2,1-2H3. The fourth-order valence-electron chi connectivity index (χ4n) is 1.17. The number of nitrogens with zero attached hydrogens (tertiary/aromatic N) is 2. The van der Waals surface area contributed by atoms with Gasteiger partial charge in [-0.3, -0.25) is 20.2 Å². The summed E-state index contributed by atoms with van der Waals surface area (Å²) < 4.78 is 5.04. The number of rotatable bonds is 5. The first kappa shape index (κ1) is 12.9. The lowest BCUT2D eigenvalue weighted by Gasteiger charge is -2.07. The van der Waals surface area contributed by atoms with Gasteiger partial charge in [-0.2, -0.15) is 0 Å². The molecule has 92 valence electrons. The van der Waals surface area contributed by atoms with Gasteiger partial charge in [-0.15, -0.1) is 0 Å². The van der Waals surface area contributed by atoms with Crippen LogP contribution in [0.15, 0.2) is 18.2 Å². The molecule has 1 aromatic rings. The Bertz CT molecular complexity index is 432. The lowest BCUT2D eigenvalue weighted by atomic mass is 10.1. The smallest absolute Gasteiger partial charge is 0.478 e. The molecule has 0 saturated heterocycles. The Labute approximate surface area is 97.3 Å². The fraction of sp³-hybridized carbons (Fsp3) is 0.400. The van der Waals surface area contributed by atoms with Crippen LogP contribution >= 0.6 is 0 Å². The maximum Gasteiger partial charge on any atom is 0.483 e. The largest absolute Gasteiger partial charge is 0.483 e. The molecular formula is C10H12N2O5. The predicted octanol–water partition coefficient (Wildman–Crippen LogP) is 1.56. The second-order valence-corrected chi connectivity index (χ2v) is 3.61. The van der Waals surface area contributed by atoms with E-state index in [1.807, 2.05) is 13.8 Å². The van der Waals surface area contributed by atoms with Gasteiger partial charge in [0.15, 0.2) is 0 Å². The lowest BCUT2D eigenvalue weighted by Crippen LogP contribution is -2.34. The molecule has 0 unspecified atom stereocenters. The Kier molecular flexibility index (Phi) is 3.97. The molecule has 1 rings (SSSR count). The van der Waals surface area contributed by atoms with Gasteiger partial charge in [0.2, 0.25) is 6.61 Å². The molecule has 0 aliphatic rings. The number of hydrogen-bond acceptors (Lipinski definition) is 5. The molecule has 0 radical (unpaired) electrons. The average Bonchev–Trinajstić information content (AvgIpc) is 2.22. The predicted molar refractivity (Wildman–Crippen MR) is 59.2 cm³/mol. The highest BCUT2D eigenvalue weighted by molar-refractivity contribution is 5.33. The average molecular weight is 240 g/mol. The van der Waals surface area contributed by atoms with Crippen molar-refractivity contribution < 1.29 is 14.6 Å². The minimum Gasteiger partial charge on any atom is -0.478 e. The molecule has 0 aliphatic heterocycles. The van der Waals surface area contributed by atoms with E-state index in [0.717, 1.165) is 11.1 Å². The highest BCUT2D eigenvalue weighted by atomic mass is 16.7. The van der Waals surface area contributed by atoms with Crippen LogP contribution in [-0.4, -0.2) is 22.6 Å². The Hall–Kier alpha value is -2.18. The fourth-order valence-corrected chi connectivity index (χ4v) is 1.17. The highest BCUT2D eigenvalue weighted by Crippen LogP contribution is 2.16. The molecule has 0 saturated carbocycles. The summed E-state index contributed by atoms with van der Waals surface area (Å²) in [6.45, 7) is 3.19. The number of nitro groups is 2. The van der Waals surface area contributed by atoms with Gasteiger partial charge in [0.1, 0.15) is 5.75 Å². The molecule has 17 heavy (non-hydrogen) atoms. The highest BCUT2D eigenvalue weighted by Gasteiger charge is 2.32. The van der Waals surface area contributed by atoms with E-state index in [1.54, 1.807) is 18.2 Å². The summed E-state index contributed by atoms with van der Waals surface area (Å²) in [4.78, 5) is 18.8. The van der Waals surface area contributed by atoms with E-state index in [-0.39, 0.29) is 0 Å². The molecule has 0 heterocycles. The number of benzene rings is 1. The monoisotopic (exact) mass is 240 g/mol. The molecule has 0 N–H and O–H groups in total. The van der Waals surface area contributed by atoms with Gasteiger partial charge in [0.25, 0.3) is 0 Å². The normalized spacial score (nSPS) is 10.3. The summed E-state index contributed by atoms with van der Waals surface area (Å²) in [6, 6.07) is 5.10. The van der Waals surface area contributed by atoms with Crippen molar-refractivity contribution in [3.63, 3.8) is 0 Å². The SMILES string of the molecule is Cc1ccc(OCC([N+](=O)[O-])[N+](=O)[O-])cc1C.